The molecule has 0 saturated carbocycles. The Morgan fingerprint density at radius 2 is 1.65 bits per heavy atom. The lowest BCUT2D eigenvalue weighted by atomic mass is 10.2. The van der Waals surface area contributed by atoms with Gasteiger partial charge in [-0.15, -0.1) is 4.74 Å². The first-order valence-corrected chi connectivity index (χ1v) is 5.68. The van der Waals surface area contributed by atoms with Crippen LogP contribution in [-0.4, -0.2) is 10.6 Å². The van der Waals surface area contributed by atoms with Gasteiger partial charge < -0.3 is 4.52 Å². The average molecular weight is 275 g/mol. The van der Waals surface area contributed by atoms with Crippen molar-refractivity contribution in [3.8, 4) is 0 Å². The van der Waals surface area contributed by atoms with Crippen LogP contribution in [0.3, 0.4) is 0 Å². The number of aromatic nitrogens is 1. The summed E-state index contributed by atoms with van der Waals surface area (Å²) in [6.45, 7) is 0. The van der Waals surface area contributed by atoms with Crippen LogP contribution < -0.4 is 5.63 Å². The van der Waals surface area contributed by atoms with Gasteiger partial charge in [-0.3, -0.25) is 4.79 Å². The van der Waals surface area contributed by atoms with Crippen LogP contribution in [0.5, 0.6) is 0 Å². The number of nitrogens with zero attached hydrogens (tertiary/aromatic N) is 1. The smallest absolute Gasteiger partial charge is 0.327 e. The van der Waals surface area contributed by atoms with E-state index in [0.717, 1.165) is 24.3 Å². The third kappa shape index (κ3) is 1.91. The molecule has 0 bridgehead atoms. The molecule has 0 fully saturated rings. The molecule has 0 aliphatic rings. The molecule has 3 rings (SSSR count). The highest BCUT2D eigenvalue weighted by atomic mass is 19.1. The van der Waals surface area contributed by atoms with E-state index in [2.05, 4.69) is 0 Å². The lowest BCUT2D eigenvalue weighted by molar-refractivity contribution is 0.0850. The third-order valence-corrected chi connectivity index (χ3v) is 2.85. The molecule has 0 aliphatic heterocycles. The van der Waals surface area contributed by atoms with Crippen molar-refractivity contribution in [2.45, 2.75) is 0 Å². The highest BCUT2D eigenvalue weighted by Crippen LogP contribution is 2.15. The quantitative estimate of drug-likeness (QED) is 0.685. The van der Waals surface area contributed by atoms with Crippen molar-refractivity contribution in [3.63, 3.8) is 0 Å². The zero-order valence-corrected chi connectivity index (χ0v) is 9.97. The lowest BCUT2D eigenvalue weighted by Gasteiger charge is -2.01. The summed E-state index contributed by atoms with van der Waals surface area (Å²) < 4.78 is 31.6. The maximum absolute atomic E-state index is 13.2. The molecule has 0 radical (unpaired) electrons. The van der Waals surface area contributed by atoms with Crippen molar-refractivity contribution < 1.29 is 18.1 Å². The maximum atomic E-state index is 13.2. The summed E-state index contributed by atoms with van der Waals surface area (Å²) in [6.07, 6.45) is 0. The molecule has 0 aliphatic carbocycles. The molecule has 4 nitrogen and oxygen atoms in total. The van der Waals surface area contributed by atoms with Gasteiger partial charge in [0.1, 0.15) is 17.2 Å². The first-order valence-electron chi connectivity index (χ1n) is 5.68. The summed E-state index contributed by atoms with van der Waals surface area (Å²) in [7, 11) is 0. The fourth-order valence-corrected chi connectivity index (χ4v) is 1.89. The van der Waals surface area contributed by atoms with Gasteiger partial charge in [0, 0.05) is 11.6 Å². The molecular weight excluding hydrogens is 268 g/mol. The minimum Gasteiger partial charge on any atom is -0.327 e. The van der Waals surface area contributed by atoms with Crippen molar-refractivity contribution in [1.29, 1.82) is 0 Å². The van der Waals surface area contributed by atoms with Gasteiger partial charge in [0.15, 0.2) is 0 Å². The van der Waals surface area contributed by atoms with Crippen molar-refractivity contribution >= 4 is 16.8 Å². The van der Waals surface area contributed by atoms with Gasteiger partial charge in [0.05, 0.1) is 5.39 Å². The normalized spacial score (nSPS) is 10.9. The van der Waals surface area contributed by atoms with Crippen LogP contribution in [0, 0.1) is 11.6 Å². The Balaban J connectivity index is 2.19. The molecule has 0 N–H and O–H groups in total. The van der Waals surface area contributed by atoms with E-state index in [1.807, 2.05) is 0 Å². The average Bonchev–Trinajstić information content (AvgIpc) is 2.75. The van der Waals surface area contributed by atoms with Crippen molar-refractivity contribution in [3.05, 3.63) is 70.1 Å². The molecule has 0 amide bonds. The minimum absolute atomic E-state index is 0.0318. The van der Waals surface area contributed by atoms with Crippen LogP contribution in [0.15, 0.2) is 51.8 Å². The first kappa shape index (κ1) is 12.3. The summed E-state index contributed by atoms with van der Waals surface area (Å²) in [5.74, 6) is -1.77. The van der Waals surface area contributed by atoms with Crippen molar-refractivity contribution in [2.24, 2.45) is 0 Å². The Morgan fingerprint density at radius 3 is 2.35 bits per heavy atom. The SMILES string of the molecule is O=C(c1ccc(F)cc1)n1oc(=O)c2ccc(F)cc21. The first-order chi connectivity index (χ1) is 9.56. The van der Waals surface area contributed by atoms with Crippen LogP contribution in [-0.2, 0) is 0 Å². The number of carbonyl (C=O) groups is 1. The van der Waals surface area contributed by atoms with Crippen molar-refractivity contribution in [2.75, 3.05) is 0 Å². The molecule has 100 valence electrons. The molecular formula is C14H7F2NO3. The zero-order chi connectivity index (χ0) is 14.3. The van der Waals surface area contributed by atoms with Gasteiger partial charge in [-0.1, -0.05) is 0 Å². The number of fused-ring (bicyclic) bond motifs is 1. The summed E-state index contributed by atoms with van der Waals surface area (Å²) in [5, 5.41) is 0.0989. The van der Waals surface area contributed by atoms with E-state index in [1.165, 1.54) is 18.2 Å². The van der Waals surface area contributed by atoms with E-state index in [-0.39, 0.29) is 16.5 Å². The molecule has 0 unspecified atom stereocenters. The Labute approximate surface area is 110 Å². The predicted molar refractivity (Wildman–Crippen MR) is 66.6 cm³/mol. The van der Waals surface area contributed by atoms with Gasteiger partial charge in [-0.25, -0.2) is 13.6 Å². The summed E-state index contributed by atoms with van der Waals surface area (Å²) in [4.78, 5) is 23.8. The van der Waals surface area contributed by atoms with E-state index in [4.69, 9.17) is 4.52 Å². The third-order valence-electron chi connectivity index (χ3n) is 2.85. The van der Waals surface area contributed by atoms with E-state index in [0.29, 0.717) is 4.74 Å². The number of hydrogen-bond donors (Lipinski definition) is 0. The van der Waals surface area contributed by atoms with Gasteiger partial charge in [0.2, 0.25) is 0 Å². The number of benzene rings is 2. The maximum Gasteiger partial charge on any atom is 0.366 e. The molecule has 1 aromatic heterocycles. The summed E-state index contributed by atoms with van der Waals surface area (Å²) in [5.41, 5.74) is -0.587. The van der Waals surface area contributed by atoms with Crippen LogP contribution in [0.2, 0.25) is 0 Å². The minimum atomic E-state index is -0.740. The second kappa shape index (κ2) is 4.41. The van der Waals surface area contributed by atoms with E-state index < -0.39 is 23.2 Å². The van der Waals surface area contributed by atoms with Crippen LogP contribution in [0.1, 0.15) is 10.4 Å². The Kier molecular flexibility index (Phi) is 2.71. The molecule has 0 saturated heterocycles. The lowest BCUT2D eigenvalue weighted by Crippen LogP contribution is -2.11. The van der Waals surface area contributed by atoms with Gasteiger partial charge in [0.25, 0.3) is 5.91 Å². The Bertz CT molecular complexity index is 862. The number of rotatable bonds is 1. The van der Waals surface area contributed by atoms with Crippen LogP contribution in [0.25, 0.3) is 10.9 Å². The largest absolute Gasteiger partial charge is 0.366 e. The summed E-state index contributed by atoms with van der Waals surface area (Å²) in [6, 6.07) is 8.10. The molecule has 3 aromatic rings. The molecule has 2 aromatic carbocycles. The molecule has 1 heterocycles. The van der Waals surface area contributed by atoms with Gasteiger partial charge in [-0.05, 0) is 36.4 Å². The highest BCUT2D eigenvalue weighted by Gasteiger charge is 2.17. The van der Waals surface area contributed by atoms with Crippen LogP contribution in [0.4, 0.5) is 8.78 Å². The predicted octanol–water partition coefficient (Wildman–Crippen LogP) is 2.56. The second-order valence-corrected chi connectivity index (χ2v) is 4.15. The van der Waals surface area contributed by atoms with E-state index in [1.54, 1.807) is 0 Å². The number of halogens is 2. The fraction of sp³-hybridized carbons (Fsp3) is 0. The molecule has 0 atom stereocenters. The zero-order valence-electron chi connectivity index (χ0n) is 9.97. The van der Waals surface area contributed by atoms with Gasteiger partial charge in [-0.2, -0.15) is 0 Å². The molecule has 0 spiro atoms. The van der Waals surface area contributed by atoms with E-state index in [9.17, 15) is 18.4 Å². The second-order valence-electron chi connectivity index (χ2n) is 4.15. The Hall–Kier alpha value is -2.76. The molecule has 20 heavy (non-hydrogen) atoms. The summed E-state index contributed by atoms with van der Waals surface area (Å²) >= 11 is 0. The molecule has 6 heteroatoms. The highest BCUT2D eigenvalue weighted by molar-refractivity contribution is 6.00. The topological polar surface area (TPSA) is 52.2 Å². The number of carbonyl (C=O) groups excluding carboxylic acids is 1. The number of hydrogen-bond acceptors (Lipinski definition) is 3. The van der Waals surface area contributed by atoms with Crippen LogP contribution >= 0.6 is 0 Å². The Morgan fingerprint density at radius 1 is 1.00 bits per heavy atom. The standard InChI is InChI=1S/C14H7F2NO3/c15-9-3-1-8(2-4-9)13(18)17-12-7-10(16)5-6-11(12)14(19)20-17/h1-7H. The van der Waals surface area contributed by atoms with Crippen molar-refractivity contribution in [1.82, 2.24) is 4.74 Å². The fourth-order valence-electron chi connectivity index (χ4n) is 1.89. The van der Waals surface area contributed by atoms with E-state index >= 15 is 0 Å². The van der Waals surface area contributed by atoms with Gasteiger partial charge >= 0.3 is 5.63 Å². The monoisotopic (exact) mass is 275 g/mol.